The maximum atomic E-state index is 13.8. The Morgan fingerprint density at radius 2 is 1.17 bits per heavy atom. The van der Waals surface area contributed by atoms with Crippen molar-refractivity contribution in [2.24, 2.45) is 40.9 Å². The number of rotatable bonds is 3. The molecule has 5 nitrogen and oxygen atoms in total. The minimum atomic E-state index is -0.0746. The highest BCUT2D eigenvalue weighted by Crippen LogP contribution is 2.62. The van der Waals surface area contributed by atoms with Crippen LogP contribution in [0, 0.1) is 47.8 Å². The van der Waals surface area contributed by atoms with Gasteiger partial charge in [-0.2, -0.15) is 0 Å². The van der Waals surface area contributed by atoms with Crippen LogP contribution in [0.4, 0.5) is 0 Å². The molecule has 0 aromatic carbocycles. The lowest BCUT2D eigenvalue weighted by molar-refractivity contribution is -0.159. The number of carbonyl (C=O) groups excluding carboxylic acids is 2. The smallest absolute Gasteiger partial charge is 0.257 e. The van der Waals surface area contributed by atoms with Crippen LogP contribution in [-0.2, 0) is 10.2 Å². The number of amides is 2. The van der Waals surface area contributed by atoms with Crippen molar-refractivity contribution in [2.75, 3.05) is 26.2 Å². The van der Waals surface area contributed by atoms with Crippen molar-refractivity contribution in [2.45, 2.75) is 89.4 Å². The Bertz CT molecular complexity index is 1020. The second kappa shape index (κ2) is 7.63. The highest BCUT2D eigenvalue weighted by molar-refractivity contribution is 5.95. The molecule has 8 bridgehead atoms. The molecule has 2 amide bonds. The van der Waals surface area contributed by atoms with Crippen LogP contribution in [-0.4, -0.2) is 47.8 Å². The molecule has 0 radical (unpaired) electrons. The summed E-state index contributed by atoms with van der Waals surface area (Å²) in [6, 6.07) is 2.12. The Morgan fingerprint density at radius 1 is 0.722 bits per heavy atom. The van der Waals surface area contributed by atoms with Crippen LogP contribution in [0.1, 0.15) is 98.9 Å². The minimum Gasteiger partial charge on any atom is -0.465 e. The van der Waals surface area contributed by atoms with Gasteiger partial charge >= 0.3 is 0 Å². The summed E-state index contributed by atoms with van der Waals surface area (Å²) >= 11 is 0. The molecule has 1 aliphatic heterocycles. The topological polar surface area (TPSA) is 53.8 Å². The van der Waals surface area contributed by atoms with E-state index in [0.717, 1.165) is 71.9 Å². The minimum absolute atomic E-state index is 0.0746. The van der Waals surface area contributed by atoms with Crippen LogP contribution in [0.2, 0.25) is 0 Å². The molecule has 0 unspecified atom stereocenters. The van der Waals surface area contributed by atoms with Gasteiger partial charge in [0.05, 0.1) is 11.0 Å². The summed E-state index contributed by atoms with van der Waals surface area (Å²) in [4.78, 5) is 31.5. The van der Waals surface area contributed by atoms with Crippen molar-refractivity contribution in [3.05, 3.63) is 23.2 Å². The van der Waals surface area contributed by atoms with E-state index in [1.54, 1.807) is 0 Å². The van der Waals surface area contributed by atoms with Gasteiger partial charge in [0.15, 0.2) is 0 Å². The lowest BCUT2D eigenvalue weighted by Gasteiger charge is -2.57. The first-order valence-electron chi connectivity index (χ1n) is 15.1. The molecule has 0 N–H and O–H groups in total. The first-order chi connectivity index (χ1) is 17.4. The number of hydrogen-bond acceptors (Lipinski definition) is 3. The van der Waals surface area contributed by atoms with Crippen LogP contribution < -0.4 is 0 Å². The maximum absolute atomic E-state index is 13.8. The van der Waals surface area contributed by atoms with Gasteiger partial charge < -0.3 is 14.2 Å². The van der Waals surface area contributed by atoms with Gasteiger partial charge in [-0.25, -0.2) is 0 Å². The van der Waals surface area contributed by atoms with E-state index in [1.807, 2.05) is 11.8 Å². The molecular formula is C31H42N2O3. The fourth-order valence-corrected chi connectivity index (χ4v) is 11.4. The highest BCUT2D eigenvalue weighted by atomic mass is 16.3. The van der Waals surface area contributed by atoms with Gasteiger partial charge in [-0.1, -0.05) is 0 Å². The standard InChI is InChI=1S/C31H42N2O3/c1-19-26(12-27(36-19)30-13-20-6-21(14-30)8-22(7-20)15-30)28(34)32-2-4-33(5-3-32)29(35)31-16-23-9-24(17-31)11-25(10-23)18-31/h12,20-25H,2-11,13-18H2,1H3. The lowest BCUT2D eigenvalue weighted by Crippen LogP contribution is -2.58. The fourth-order valence-electron chi connectivity index (χ4n) is 11.4. The van der Waals surface area contributed by atoms with E-state index in [4.69, 9.17) is 4.42 Å². The van der Waals surface area contributed by atoms with Gasteiger partial charge in [0.2, 0.25) is 5.91 Å². The largest absolute Gasteiger partial charge is 0.465 e. The van der Waals surface area contributed by atoms with Crippen molar-refractivity contribution in [3.63, 3.8) is 0 Å². The SMILES string of the molecule is Cc1oc(C23CC4CC(CC(C4)C2)C3)cc1C(=O)N1CCN(C(=O)C23CC4CC(CC(C4)C2)C3)CC1. The van der Waals surface area contributed by atoms with E-state index in [9.17, 15) is 9.59 Å². The number of aryl methyl sites for hydroxylation is 1. The normalized spacial score (nSPS) is 44.5. The Balaban J connectivity index is 0.956. The number of hydrogen-bond donors (Lipinski definition) is 0. The van der Waals surface area contributed by atoms with Gasteiger partial charge in [0, 0.05) is 31.6 Å². The Labute approximate surface area is 215 Å². The van der Waals surface area contributed by atoms with E-state index < -0.39 is 0 Å². The predicted molar refractivity (Wildman–Crippen MR) is 136 cm³/mol. The summed E-state index contributed by atoms with van der Waals surface area (Å²) in [5, 5.41) is 0. The maximum Gasteiger partial charge on any atom is 0.257 e. The first kappa shape index (κ1) is 22.2. The van der Waals surface area contributed by atoms with Gasteiger partial charge in [0.25, 0.3) is 5.91 Å². The van der Waals surface area contributed by atoms with Crippen molar-refractivity contribution < 1.29 is 14.0 Å². The van der Waals surface area contributed by atoms with Crippen LogP contribution in [0.3, 0.4) is 0 Å². The summed E-state index contributed by atoms with van der Waals surface area (Å²) in [5.74, 6) is 7.35. The third kappa shape index (κ3) is 3.26. The van der Waals surface area contributed by atoms with Gasteiger partial charge in [-0.05, 0) is 126 Å². The molecule has 0 atom stereocenters. The molecule has 0 spiro atoms. The van der Waals surface area contributed by atoms with Crippen molar-refractivity contribution in [1.82, 2.24) is 9.80 Å². The second-order valence-electron chi connectivity index (χ2n) is 14.6. The van der Waals surface area contributed by atoms with Crippen LogP contribution >= 0.6 is 0 Å². The summed E-state index contributed by atoms with van der Waals surface area (Å²) in [6.45, 7) is 4.64. The fraction of sp³-hybridized carbons (Fsp3) is 0.806. The average molecular weight is 491 g/mol. The molecule has 36 heavy (non-hydrogen) atoms. The van der Waals surface area contributed by atoms with Crippen molar-refractivity contribution in [3.8, 4) is 0 Å². The third-order valence-corrected chi connectivity index (χ3v) is 12.1. The van der Waals surface area contributed by atoms with E-state index >= 15 is 0 Å². The molecule has 9 aliphatic rings. The molecule has 8 aliphatic carbocycles. The first-order valence-corrected chi connectivity index (χ1v) is 15.1. The Kier molecular flexibility index (Phi) is 4.71. The number of carbonyl (C=O) groups is 2. The highest BCUT2D eigenvalue weighted by Gasteiger charge is 2.56. The molecular weight excluding hydrogens is 448 g/mol. The molecule has 9 fully saturated rings. The molecule has 8 saturated carbocycles. The third-order valence-electron chi connectivity index (χ3n) is 12.1. The second-order valence-corrected chi connectivity index (χ2v) is 14.6. The summed E-state index contributed by atoms with van der Waals surface area (Å²) in [5.41, 5.74) is 0.872. The number of furan rings is 1. The number of nitrogens with zero attached hydrogens (tertiary/aromatic N) is 2. The molecule has 2 heterocycles. The quantitative estimate of drug-likeness (QED) is 0.558. The molecule has 5 heteroatoms. The van der Waals surface area contributed by atoms with E-state index in [2.05, 4.69) is 11.0 Å². The average Bonchev–Trinajstić information content (AvgIpc) is 3.24. The van der Waals surface area contributed by atoms with Crippen LogP contribution in [0.5, 0.6) is 0 Å². The summed E-state index contributed by atoms with van der Waals surface area (Å²) in [6.07, 6.45) is 15.5. The van der Waals surface area contributed by atoms with E-state index in [1.165, 1.54) is 57.8 Å². The summed E-state index contributed by atoms with van der Waals surface area (Å²) < 4.78 is 6.40. The molecule has 1 aromatic heterocycles. The summed E-state index contributed by atoms with van der Waals surface area (Å²) in [7, 11) is 0. The zero-order valence-corrected chi connectivity index (χ0v) is 22.0. The van der Waals surface area contributed by atoms with E-state index in [0.29, 0.717) is 32.1 Å². The molecule has 10 rings (SSSR count). The molecule has 194 valence electrons. The predicted octanol–water partition coefficient (Wildman–Crippen LogP) is 5.56. The lowest BCUT2D eigenvalue weighted by atomic mass is 9.49. The van der Waals surface area contributed by atoms with Crippen molar-refractivity contribution in [1.29, 1.82) is 0 Å². The van der Waals surface area contributed by atoms with Gasteiger partial charge in [-0.3, -0.25) is 9.59 Å². The van der Waals surface area contributed by atoms with Crippen molar-refractivity contribution >= 4 is 11.8 Å². The van der Waals surface area contributed by atoms with Gasteiger partial charge in [0.1, 0.15) is 11.5 Å². The Hall–Kier alpha value is -1.78. The van der Waals surface area contributed by atoms with Crippen LogP contribution in [0.25, 0.3) is 0 Å². The monoisotopic (exact) mass is 490 g/mol. The zero-order chi connectivity index (χ0) is 24.2. The van der Waals surface area contributed by atoms with Crippen LogP contribution in [0.15, 0.2) is 10.5 Å². The number of piperazine rings is 1. The Morgan fingerprint density at radius 3 is 1.67 bits per heavy atom. The molecule has 1 aromatic rings. The van der Waals surface area contributed by atoms with E-state index in [-0.39, 0.29) is 16.7 Å². The zero-order valence-electron chi connectivity index (χ0n) is 22.0. The van der Waals surface area contributed by atoms with Gasteiger partial charge in [-0.15, -0.1) is 0 Å². The molecule has 1 saturated heterocycles.